The molecule has 1 fully saturated rings. The molecule has 150 valence electrons. The molecule has 2 aromatic carbocycles. The van der Waals surface area contributed by atoms with Crippen LogP contribution in [-0.2, 0) is 0 Å². The highest BCUT2D eigenvalue weighted by Gasteiger charge is 2.55. The Hall–Kier alpha value is -2.75. The molecule has 0 aromatic heterocycles. The first-order chi connectivity index (χ1) is 13.8. The molecule has 4 nitrogen and oxygen atoms in total. The topological polar surface area (TPSA) is 55.8 Å². The number of phenolic OH excluding ortho intramolecular Hbond substituents is 1. The molecule has 5 rings (SSSR count). The number of phenols is 1. The van der Waals surface area contributed by atoms with Crippen molar-refractivity contribution in [2.45, 2.75) is 57.2 Å². The minimum absolute atomic E-state index is 0.0840. The lowest BCUT2D eigenvalue weighted by Gasteiger charge is -2.55. The minimum Gasteiger partial charge on any atom is -0.507 e. The van der Waals surface area contributed by atoms with Crippen LogP contribution >= 0.6 is 0 Å². The summed E-state index contributed by atoms with van der Waals surface area (Å²) >= 11 is 0. The summed E-state index contributed by atoms with van der Waals surface area (Å²) in [6, 6.07) is 11.3. The van der Waals surface area contributed by atoms with E-state index in [0.29, 0.717) is 17.4 Å². The second-order valence-electron chi connectivity index (χ2n) is 9.33. The van der Waals surface area contributed by atoms with Crippen LogP contribution in [0.4, 0.5) is 0 Å². The number of allylic oxidation sites excluding steroid dienone is 1. The first-order valence-electron chi connectivity index (χ1n) is 10.3. The van der Waals surface area contributed by atoms with E-state index in [4.69, 9.17) is 9.47 Å². The maximum Gasteiger partial charge on any atom is 0.193 e. The number of aromatic hydroxyl groups is 1. The van der Waals surface area contributed by atoms with E-state index in [1.807, 2.05) is 30.3 Å². The monoisotopic (exact) mass is 390 g/mol. The van der Waals surface area contributed by atoms with Crippen LogP contribution in [0.2, 0.25) is 0 Å². The van der Waals surface area contributed by atoms with Gasteiger partial charge in [-0.3, -0.25) is 4.79 Å². The lowest BCUT2D eigenvalue weighted by molar-refractivity contribution is -0.0731. The first kappa shape index (κ1) is 18.3. The molecule has 0 radical (unpaired) electrons. The molecule has 0 amide bonds. The summed E-state index contributed by atoms with van der Waals surface area (Å²) in [5, 5.41) is 10.8. The second kappa shape index (κ2) is 6.12. The van der Waals surface area contributed by atoms with E-state index in [-0.39, 0.29) is 28.6 Å². The molecule has 2 aliphatic heterocycles. The Bertz CT molecular complexity index is 1020. The summed E-state index contributed by atoms with van der Waals surface area (Å²) in [6.45, 7) is 6.33. The van der Waals surface area contributed by atoms with Crippen molar-refractivity contribution < 1.29 is 19.4 Å². The lowest BCUT2D eigenvalue weighted by atomic mass is 9.61. The number of ketones is 1. The van der Waals surface area contributed by atoms with E-state index >= 15 is 0 Å². The van der Waals surface area contributed by atoms with Gasteiger partial charge in [-0.2, -0.15) is 0 Å². The zero-order valence-corrected chi connectivity index (χ0v) is 17.1. The number of hydrogen-bond acceptors (Lipinski definition) is 4. The predicted molar refractivity (Wildman–Crippen MR) is 112 cm³/mol. The van der Waals surface area contributed by atoms with Gasteiger partial charge in [0.2, 0.25) is 0 Å². The molecule has 0 spiro atoms. The van der Waals surface area contributed by atoms with Gasteiger partial charge < -0.3 is 14.6 Å². The van der Waals surface area contributed by atoms with Gasteiger partial charge in [0.25, 0.3) is 0 Å². The zero-order valence-electron chi connectivity index (χ0n) is 17.1. The average Bonchev–Trinajstić information content (AvgIpc) is 2.65. The highest BCUT2D eigenvalue weighted by Crippen LogP contribution is 2.61. The van der Waals surface area contributed by atoms with Gasteiger partial charge in [-0.1, -0.05) is 36.4 Å². The second-order valence-corrected chi connectivity index (χ2v) is 9.33. The first-order valence-corrected chi connectivity index (χ1v) is 10.3. The van der Waals surface area contributed by atoms with Gasteiger partial charge in [0.05, 0.1) is 0 Å². The van der Waals surface area contributed by atoms with Crippen molar-refractivity contribution in [2.24, 2.45) is 5.92 Å². The fourth-order valence-corrected chi connectivity index (χ4v) is 5.44. The number of carbonyl (C=O) groups is 1. The molecule has 2 aromatic rings. The summed E-state index contributed by atoms with van der Waals surface area (Å²) in [4.78, 5) is 13.1. The van der Waals surface area contributed by atoms with Crippen LogP contribution in [0.3, 0.4) is 0 Å². The lowest BCUT2D eigenvalue weighted by Crippen LogP contribution is -2.54. The Balaban J connectivity index is 1.63. The van der Waals surface area contributed by atoms with E-state index < -0.39 is 5.60 Å². The van der Waals surface area contributed by atoms with Gasteiger partial charge in [0.1, 0.15) is 34.0 Å². The van der Waals surface area contributed by atoms with E-state index in [1.54, 1.807) is 12.1 Å². The van der Waals surface area contributed by atoms with E-state index in [9.17, 15) is 9.90 Å². The van der Waals surface area contributed by atoms with Gasteiger partial charge in [0, 0.05) is 23.5 Å². The predicted octanol–water partition coefficient (Wildman–Crippen LogP) is 5.49. The molecular formula is C25H26O4. The number of benzene rings is 2. The molecule has 0 saturated heterocycles. The molecule has 3 atom stereocenters. The summed E-state index contributed by atoms with van der Waals surface area (Å²) < 4.78 is 12.7. The number of hydrogen-bond donors (Lipinski definition) is 1. The SMILES string of the molecule is CC1(C)Oc2c(C(=O)/C=C/c3ccccc3)c(O)cc3c2[C@@H]2C[C@](C)(CC[C@H]21)O3. The van der Waals surface area contributed by atoms with Crippen molar-refractivity contribution >= 4 is 11.9 Å². The van der Waals surface area contributed by atoms with E-state index in [1.165, 1.54) is 6.08 Å². The Morgan fingerprint density at radius 1 is 1.17 bits per heavy atom. The number of fused-ring (bicyclic) bond motifs is 1. The minimum atomic E-state index is -0.403. The molecule has 1 N–H and O–H groups in total. The Morgan fingerprint density at radius 3 is 2.69 bits per heavy atom. The Morgan fingerprint density at radius 2 is 1.93 bits per heavy atom. The Labute approximate surface area is 171 Å². The zero-order chi connectivity index (χ0) is 20.4. The highest BCUT2D eigenvalue weighted by atomic mass is 16.5. The third-order valence-corrected chi connectivity index (χ3v) is 6.84. The van der Waals surface area contributed by atoms with Crippen LogP contribution in [0, 0.1) is 5.92 Å². The van der Waals surface area contributed by atoms with Gasteiger partial charge >= 0.3 is 0 Å². The van der Waals surface area contributed by atoms with Crippen molar-refractivity contribution in [3.8, 4) is 17.2 Å². The third-order valence-electron chi connectivity index (χ3n) is 6.84. The fourth-order valence-electron chi connectivity index (χ4n) is 5.44. The summed E-state index contributed by atoms with van der Waals surface area (Å²) in [6.07, 6.45) is 6.19. The van der Waals surface area contributed by atoms with Gasteiger partial charge in [-0.25, -0.2) is 0 Å². The van der Waals surface area contributed by atoms with Crippen molar-refractivity contribution in [2.75, 3.05) is 0 Å². The number of ether oxygens (including phenoxy) is 2. The molecule has 1 saturated carbocycles. The largest absolute Gasteiger partial charge is 0.507 e. The molecular weight excluding hydrogens is 364 g/mol. The van der Waals surface area contributed by atoms with Crippen LogP contribution in [0.15, 0.2) is 42.5 Å². The van der Waals surface area contributed by atoms with Crippen LogP contribution in [0.25, 0.3) is 6.08 Å². The molecule has 4 heteroatoms. The smallest absolute Gasteiger partial charge is 0.193 e. The van der Waals surface area contributed by atoms with Crippen LogP contribution in [0.5, 0.6) is 17.2 Å². The fraction of sp³-hybridized carbons (Fsp3) is 0.400. The molecule has 2 heterocycles. The quantitative estimate of drug-likeness (QED) is 0.556. The molecule has 3 aliphatic rings. The van der Waals surface area contributed by atoms with Crippen molar-refractivity contribution in [1.82, 2.24) is 0 Å². The summed E-state index contributed by atoms with van der Waals surface area (Å²) in [5.41, 5.74) is 1.50. The van der Waals surface area contributed by atoms with E-state index in [2.05, 4.69) is 20.8 Å². The van der Waals surface area contributed by atoms with E-state index in [0.717, 1.165) is 30.4 Å². The maximum atomic E-state index is 13.1. The van der Waals surface area contributed by atoms with Crippen molar-refractivity contribution in [1.29, 1.82) is 0 Å². The molecule has 0 unspecified atom stereocenters. The number of carbonyl (C=O) groups excluding carboxylic acids is 1. The molecule has 1 aliphatic carbocycles. The maximum absolute atomic E-state index is 13.1. The van der Waals surface area contributed by atoms with Crippen LogP contribution in [-0.4, -0.2) is 22.1 Å². The summed E-state index contributed by atoms with van der Waals surface area (Å²) in [7, 11) is 0. The molecule has 2 bridgehead atoms. The van der Waals surface area contributed by atoms with Gasteiger partial charge in [0.15, 0.2) is 5.78 Å². The van der Waals surface area contributed by atoms with Crippen molar-refractivity contribution in [3.05, 3.63) is 59.2 Å². The number of rotatable bonds is 3. The summed E-state index contributed by atoms with van der Waals surface area (Å²) in [5.74, 6) is 1.47. The molecule has 29 heavy (non-hydrogen) atoms. The average molecular weight is 390 g/mol. The van der Waals surface area contributed by atoms with Gasteiger partial charge in [-0.15, -0.1) is 0 Å². The van der Waals surface area contributed by atoms with Gasteiger partial charge in [-0.05, 0) is 51.7 Å². The van der Waals surface area contributed by atoms with Crippen LogP contribution < -0.4 is 9.47 Å². The van der Waals surface area contributed by atoms with Crippen LogP contribution in [0.1, 0.15) is 67.4 Å². The normalized spacial score (nSPS) is 28.5. The highest BCUT2D eigenvalue weighted by molar-refractivity contribution is 6.11. The van der Waals surface area contributed by atoms with Crippen molar-refractivity contribution in [3.63, 3.8) is 0 Å². The Kier molecular flexibility index (Phi) is 3.86. The third kappa shape index (κ3) is 2.85. The standard InChI is InChI=1S/C25H26O4/c1-24(2)17-11-12-25(3)14-16(17)21-20(28-25)13-19(27)22(23(21)29-24)18(26)10-9-15-7-5-4-6-8-15/h4-10,13,16-17,27H,11-12,14H2,1-3H3/b10-9+/t16-,17-,25+/m1/s1.